The number of hydrogen-bond donors (Lipinski definition) is 1. The van der Waals surface area contributed by atoms with Gasteiger partial charge in [-0.1, -0.05) is 41.1 Å². The van der Waals surface area contributed by atoms with Crippen molar-refractivity contribution in [1.82, 2.24) is 20.0 Å². The van der Waals surface area contributed by atoms with Crippen LogP contribution in [0.15, 0.2) is 59.0 Å². The molecule has 0 unspecified atom stereocenters. The van der Waals surface area contributed by atoms with E-state index in [1.165, 1.54) is 5.56 Å². The molecular weight excluding hydrogens is 366 g/mol. The number of oxazole rings is 1. The number of hydrogen-bond acceptors (Lipinski definition) is 5. The molecule has 0 fully saturated rings. The van der Waals surface area contributed by atoms with Crippen molar-refractivity contribution >= 4 is 11.6 Å². The van der Waals surface area contributed by atoms with E-state index in [-0.39, 0.29) is 11.6 Å². The van der Waals surface area contributed by atoms with Crippen molar-refractivity contribution in [3.05, 3.63) is 83.0 Å². The number of aromatic nitrogens is 4. The SMILES string of the molecule is Cc1ccc(-c2nc(Cn3nnc(C(=O)Nc4ccccc4)c3C)c(C)o2)cc1. The molecule has 2 aromatic carbocycles. The van der Waals surface area contributed by atoms with E-state index in [2.05, 4.69) is 20.6 Å². The van der Waals surface area contributed by atoms with Gasteiger partial charge in [0.15, 0.2) is 5.69 Å². The minimum Gasteiger partial charge on any atom is -0.441 e. The lowest BCUT2D eigenvalue weighted by molar-refractivity contribution is 0.102. The van der Waals surface area contributed by atoms with Gasteiger partial charge in [-0.15, -0.1) is 5.10 Å². The molecule has 4 aromatic rings. The molecular formula is C22H21N5O2. The van der Waals surface area contributed by atoms with Gasteiger partial charge in [0.05, 0.1) is 12.2 Å². The van der Waals surface area contributed by atoms with E-state index in [1.807, 2.05) is 75.4 Å². The number of rotatable bonds is 5. The zero-order chi connectivity index (χ0) is 20.4. The monoisotopic (exact) mass is 387 g/mol. The number of para-hydroxylation sites is 1. The van der Waals surface area contributed by atoms with Gasteiger partial charge in [-0.3, -0.25) is 4.79 Å². The summed E-state index contributed by atoms with van der Waals surface area (Å²) in [6.07, 6.45) is 0. The van der Waals surface area contributed by atoms with Gasteiger partial charge in [0.1, 0.15) is 11.5 Å². The zero-order valence-electron chi connectivity index (χ0n) is 16.5. The topological polar surface area (TPSA) is 85.8 Å². The molecule has 0 aliphatic rings. The van der Waals surface area contributed by atoms with Gasteiger partial charge in [-0.2, -0.15) is 0 Å². The van der Waals surface area contributed by atoms with Crippen LogP contribution in [0.1, 0.15) is 33.2 Å². The number of amides is 1. The summed E-state index contributed by atoms with van der Waals surface area (Å²) in [5, 5.41) is 11.0. The fraction of sp³-hybridized carbons (Fsp3) is 0.182. The second-order valence-corrected chi connectivity index (χ2v) is 6.89. The highest BCUT2D eigenvalue weighted by Gasteiger charge is 2.19. The maximum absolute atomic E-state index is 12.5. The molecule has 0 saturated heterocycles. The summed E-state index contributed by atoms with van der Waals surface area (Å²) < 4.78 is 7.49. The summed E-state index contributed by atoms with van der Waals surface area (Å²) in [5.41, 5.74) is 4.51. The van der Waals surface area contributed by atoms with Gasteiger partial charge < -0.3 is 9.73 Å². The van der Waals surface area contributed by atoms with Crippen molar-refractivity contribution < 1.29 is 9.21 Å². The maximum atomic E-state index is 12.5. The van der Waals surface area contributed by atoms with Gasteiger partial charge in [-0.05, 0) is 45.0 Å². The Labute approximate surface area is 168 Å². The van der Waals surface area contributed by atoms with Crippen LogP contribution >= 0.6 is 0 Å². The Kier molecular flexibility index (Phi) is 4.95. The number of carbonyl (C=O) groups is 1. The zero-order valence-corrected chi connectivity index (χ0v) is 16.5. The molecule has 0 radical (unpaired) electrons. The van der Waals surface area contributed by atoms with Crippen molar-refractivity contribution in [3.63, 3.8) is 0 Å². The lowest BCUT2D eigenvalue weighted by atomic mass is 10.1. The fourth-order valence-electron chi connectivity index (χ4n) is 2.97. The van der Waals surface area contributed by atoms with Crippen molar-refractivity contribution in [3.8, 4) is 11.5 Å². The number of benzene rings is 2. The Morgan fingerprint density at radius 1 is 1.03 bits per heavy atom. The third-order valence-corrected chi connectivity index (χ3v) is 4.72. The quantitative estimate of drug-likeness (QED) is 0.556. The summed E-state index contributed by atoms with van der Waals surface area (Å²) >= 11 is 0. The van der Waals surface area contributed by atoms with E-state index in [0.717, 1.165) is 11.3 Å². The highest BCUT2D eigenvalue weighted by molar-refractivity contribution is 6.03. The molecule has 0 bridgehead atoms. The first-order chi connectivity index (χ1) is 14.0. The number of carbonyl (C=O) groups excluding carboxylic acids is 1. The second-order valence-electron chi connectivity index (χ2n) is 6.89. The Morgan fingerprint density at radius 2 is 1.76 bits per heavy atom. The summed E-state index contributed by atoms with van der Waals surface area (Å²) in [5.74, 6) is 0.986. The largest absolute Gasteiger partial charge is 0.441 e. The normalized spacial score (nSPS) is 10.9. The summed E-state index contributed by atoms with van der Waals surface area (Å²) in [6, 6.07) is 17.3. The van der Waals surface area contributed by atoms with Gasteiger partial charge in [0, 0.05) is 11.3 Å². The minimum atomic E-state index is -0.294. The predicted octanol–water partition coefficient (Wildman–Crippen LogP) is 4.16. The first-order valence-corrected chi connectivity index (χ1v) is 9.31. The van der Waals surface area contributed by atoms with Crippen molar-refractivity contribution in [1.29, 1.82) is 0 Å². The van der Waals surface area contributed by atoms with E-state index in [4.69, 9.17) is 4.42 Å². The van der Waals surface area contributed by atoms with Crippen LogP contribution in [0.5, 0.6) is 0 Å². The Morgan fingerprint density at radius 3 is 2.48 bits per heavy atom. The summed E-state index contributed by atoms with van der Waals surface area (Å²) in [4.78, 5) is 17.1. The maximum Gasteiger partial charge on any atom is 0.278 e. The average molecular weight is 387 g/mol. The third kappa shape index (κ3) is 3.94. The molecule has 146 valence electrons. The molecule has 0 spiro atoms. The Hall–Kier alpha value is -3.74. The Balaban J connectivity index is 1.53. The molecule has 29 heavy (non-hydrogen) atoms. The average Bonchev–Trinajstić information content (AvgIpc) is 3.26. The number of anilines is 1. The molecule has 2 heterocycles. The van der Waals surface area contributed by atoms with E-state index >= 15 is 0 Å². The number of nitrogens with one attached hydrogen (secondary N) is 1. The van der Waals surface area contributed by atoms with Crippen molar-refractivity contribution in [2.24, 2.45) is 0 Å². The lowest BCUT2D eigenvalue weighted by Gasteiger charge is -2.04. The first-order valence-electron chi connectivity index (χ1n) is 9.31. The summed E-state index contributed by atoms with van der Waals surface area (Å²) in [7, 11) is 0. The Bertz CT molecular complexity index is 1140. The molecule has 7 heteroatoms. The minimum absolute atomic E-state index is 0.286. The predicted molar refractivity (Wildman–Crippen MR) is 110 cm³/mol. The second kappa shape index (κ2) is 7.71. The van der Waals surface area contributed by atoms with Crippen LogP contribution in [-0.2, 0) is 6.54 Å². The van der Waals surface area contributed by atoms with Gasteiger partial charge in [0.2, 0.25) is 5.89 Å². The first kappa shape index (κ1) is 18.6. The van der Waals surface area contributed by atoms with E-state index in [1.54, 1.807) is 4.68 Å². The van der Waals surface area contributed by atoms with Gasteiger partial charge in [-0.25, -0.2) is 9.67 Å². The molecule has 1 amide bonds. The highest BCUT2D eigenvalue weighted by Crippen LogP contribution is 2.23. The molecule has 4 rings (SSSR count). The van der Waals surface area contributed by atoms with Crippen LogP contribution < -0.4 is 5.32 Å². The van der Waals surface area contributed by atoms with Crippen LogP contribution in [-0.4, -0.2) is 25.9 Å². The molecule has 2 aromatic heterocycles. The standard InChI is InChI=1S/C22H21N5O2/c1-14-9-11-17(12-10-14)22-24-19(16(3)29-22)13-27-15(2)20(25-26-27)21(28)23-18-7-5-4-6-8-18/h4-12H,13H2,1-3H3,(H,23,28). The van der Waals surface area contributed by atoms with E-state index < -0.39 is 0 Å². The molecule has 1 N–H and O–H groups in total. The van der Waals surface area contributed by atoms with Gasteiger partial charge in [0.25, 0.3) is 5.91 Å². The van der Waals surface area contributed by atoms with Crippen LogP contribution in [0.3, 0.4) is 0 Å². The molecule has 0 aliphatic heterocycles. The highest BCUT2D eigenvalue weighted by atomic mass is 16.4. The summed E-state index contributed by atoms with van der Waals surface area (Å²) in [6.45, 7) is 6.10. The van der Waals surface area contributed by atoms with Crippen molar-refractivity contribution in [2.75, 3.05) is 5.32 Å². The van der Waals surface area contributed by atoms with Crippen LogP contribution in [0.25, 0.3) is 11.5 Å². The molecule has 0 aliphatic carbocycles. The third-order valence-electron chi connectivity index (χ3n) is 4.72. The van der Waals surface area contributed by atoms with Gasteiger partial charge >= 0.3 is 0 Å². The molecule has 0 atom stereocenters. The fourth-order valence-corrected chi connectivity index (χ4v) is 2.97. The van der Waals surface area contributed by atoms with Crippen LogP contribution in [0, 0.1) is 20.8 Å². The number of aryl methyl sites for hydroxylation is 2. The van der Waals surface area contributed by atoms with E-state index in [9.17, 15) is 4.79 Å². The number of nitrogens with zero attached hydrogens (tertiary/aromatic N) is 4. The van der Waals surface area contributed by atoms with Crippen LogP contribution in [0.2, 0.25) is 0 Å². The van der Waals surface area contributed by atoms with E-state index in [0.29, 0.717) is 29.6 Å². The van der Waals surface area contributed by atoms with Crippen molar-refractivity contribution in [2.45, 2.75) is 27.3 Å². The lowest BCUT2D eigenvalue weighted by Crippen LogP contribution is -2.14. The smallest absolute Gasteiger partial charge is 0.278 e. The molecule has 7 nitrogen and oxygen atoms in total. The van der Waals surface area contributed by atoms with Crippen LogP contribution in [0.4, 0.5) is 5.69 Å². The molecule has 0 saturated carbocycles.